The highest BCUT2D eigenvalue weighted by Crippen LogP contribution is 2.36. The van der Waals surface area contributed by atoms with Crippen molar-refractivity contribution < 1.29 is 19.1 Å². The molecule has 4 rings (SSSR count). The van der Waals surface area contributed by atoms with E-state index in [1.165, 1.54) is 12.8 Å². The van der Waals surface area contributed by atoms with Crippen molar-refractivity contribution in [2.45, 2.75) is 58.0 Å². The molecular formula is C25H32N4O4. The summed E-state index contributed by atoms with van der Waals surface area (Å²) >= 11 is 0. The Morgan fingerprint density at radius 1 is 1.15 bits per heavy atom. The van der Waals surface area contributed by atoms with Crippen molar-refractivity contribution >= 4 is 0 Å². The van der Waals surface area contributed by atoms with E-state index in [1.54, 1.807) is 7.11 Å². The number of ether oxygens (including phenoxy) is 2. The number of methoxy groups -OCH3 is 1. The number of hydrogen-bond acceptors (Lipinski definition) is 8. The van der Waals surface area contributed by atoms with Crippen molar-refractivity contribution in [3.8, 4) is 34.5 Å². The molecule has 33 heavy (non-hydrogen) atoms. The molecular weight excluding hydrogens is 420 g/mol. The van der Waals surface area contributed by atoms with Gasteiger partial charge in [-0.15, -0.1) is 0 Å². The summed E-state index contributed by atoms with van der Waals surface area (Å²) in [5.74, 6) is 2.71. The van der Waals surface area contributed by atoms with Gasteiger partial charge in [-0.1, -0.05) is 24.9 Å². The van der Waals surface area contributed by atoms with Gasteiger partial charge in [-0.2, -0.15) is 4.98 Å². The van der Waals surface area contributed by atoms with Crippen molar-refractivity contribution in [1.82, 2.24) is 15.1 Å². The third-order valence-electron chi connectivity index (χ3n) is 6.16. The zero-order chi connectivity index (χ0) is 23.4. The second-order valence-corrected chi connectivity index (χ2v) is 8.56. The topological polar surface area (TPSA) is 117 Å². The van der Waals surface area contributed by atoms with Crippen LogP contribution in [0.25, 0.3) is 22.8 Å². The van der Waals surface area contributed by atoms with E-state index in [-0.39, 0.29) is 13.2 Å². The molecule has 3 aromatic rings. The van der Waals surface area contributed by atoms with Crippen LogP contribution in [-0.2, 0) is 6.42 Å². The molecule has 1 aliphatic rings. The first-order chi connectivity index (χ1) is 16.0. The second kappa shape index (κ2) is 10.3. The molecule has 2 aromatic heterocycles. The number of aryl methyl sites for hydroxylation is 2. The highest BCUT2D eigenvalue weighted by Gasteiger charge is 2.22. The summed E-state index contributed by atoms with van der Waals surface area (Å²) in [5, 5.41) is 14.0. The first kappa shape index (κ1) is 23.2. The molecule has 1 aromatic carbocycles. The van der Waals surface area contributed by atoms with Crippen LogP contribution in [0.15, 0.2) is 28.8 Å². The summed E-state index contributed by atoms with van der Waals surface area (Å²) in [4.78, 5) is 9.32. The van der Waals surface area contributed by atoms with E-state index in [9.17, 15) is 5.11 Å². The lowest BCUT2D eigenvalue weighted by atomic mass is 10.0. The molecule has 0 radical (unpaired) electrons. The lowest BCUT2D eigenvalue weighted by Crippen LogP contribution is -2.27. The molecule has 176 valence electrons. The van der Waals surface area contributed by atoms with Gasteiger partial charge >= 0.3 is 0 Å². The normalized spacial score (nSPS) is 15.1. The summed E-state index contributed by atoms with van der Waals surface area (Å²) in [7, 11) is 1.62. The molecule has 8 heteroatoms. The summed E-state index contributed by atoms with van der Waals surface area (Å²) in [5.41, 5.74) is 10.1. The van der Waals surface area contributed by atoms with E-state index in [0.29, 0.717) is 23.5 Å². The number of pyridine rings is 1. The lowest BCUT2D eigenvalue weighted by Gasteiger charge is -2.16. The maximum absolute atomic E-state index is 9.75. The SMILES string of the molecule is CCc1cc(-c2noc(-c3cc(OC)nc(C4CCCC4)c3)n2)cc(C)c1OCC(O)CN. The summed E-state index contributed by atoms with van der Waals surface area (Å²) < 4.78 is 16.9. The van der Waals surface area contributed by atoms with Crippen molar-refractivity contribution in [3.05, 3.63) is 41.1 Å². The minimum Gasteiger partial charge on any atom is -0.490 e. The second-order valence-electron chi connectivity index (χ2n) is 8.56. The molecule has 0 aliphatic heterocycles. The van der Waals surface area contributed by atoms with Crippen LogP contribution in [0.1, 0.15) is 55.3 Å². The van der Waals surface area contributed by atoms with Crippen LogP contribution in [0.4, 0.5) is 0 Å². The number of aliphatic hydroxyl groups excluding tert-OH is 1. The van der Waals surface area contributed by atoms with E-state index < -0.39 is 6.10 Å². The van der Waals surface area contributed by atoms with Gasteiger partial charge in [0.2, 0.25) is 11.7 Å². The number of nitrogens with two attached hydrogens (primary N) is 1. The van der Waals surface area contributed by atoms with E-state index in [0.717, 1.165) is 53.0 Å². The first-order valence-corrected chi connectivity index (χ1v) is 11.6. The molecule has 0 amide bonds. The molecule has 0 saturated heterocycles. The first-order valence-electron chi connectivity index (χ1n) is 11.6. The number of aromatic nitrogens is 3. The maximum atomic E-state index is 9.75. The predicted octanol–water partition coefficient (Wildman–Crippen LogP) is 4.03. The Balaban J connectivity index is 1.63. The Hall–Kier alpha value is -2.97. The number of rotatable bonds is 9. The average Bonchev–Trinajstić information content (AvgIpc) is 3.55. The lowest BCUT2D eigenvalue weighted by molar-refractivity contribution is 0.113. The summed E-state index contributed by atoms with van der Waals surface area (Å²) in [6, 6.07) is 7.84. The Labute approximate surface area is 194 Å². The Morgan fingerprint density at radius 3 is 2.64 bits per heavy atom. The van der Waals surface area contributed by atoms with Gasteiger partial charge in [-0.05, 0) is 55.5 Å². The molecule has 1 atom stereocenters. The monoisotopic (exact) mass is 452 g/mol. The molecule has 0 bridgehead atoms. The van der Waals surface area contributed by atoms with Crippen LogP contribution >= 0.6 is 0 Å². The van der Waals surface area contributed by atoms with Crippen molar-refractivity contribution in [2.75, 3.05) is 20.3 Å². The minimum atomic E-state index is -0.694. The molecule has 2 heterocycles. The third-order valence-corrected chi connectivity index (χ3v) is 6.16. The van der Waals surface area contributed by atoms with Gasteiger partial charge in [0, 0.05) is 35.3 Å². The molecule has 1 fully saturated rings. The van der Waals surface area contributed by atoms with E-state index >= 15 is 0 Å². The fourth-order valence-electron chi connectivity index (χ4n) is 4.34. The molecule has 1 unspecified atom stereocenters. The summed E-state index contributed by atoms with van der Waals surface area (Å²) in [6.07, 6.45) is 4.82. The molecule has 1 saturated carbocycles. The van der Waals surface area contributed by atoms with E-state index in [1.807, 2.05) is 31.2 Å². The fraction of sp³-hybridized carbons (Fsp3) is 0.480. The van der Waals surface area contributed by atoms with Crippen molar-refractivity contribution in [1.29, 1.82) is 0 Å². The van der Waals surface area contributed by atoms with Gasteiger partial charge in [0.1, 0.15) is 18.5 Å². The molecule has 0 spiro atoms. The Kier molecular flexibility index (Phi) is 7.25. The van der Waals surface area contributed by atoms with Gasteiger partial charge in [0.05, 0.1) is 7.11 Å². The van der Waals surface area contributed by atoms with Gasteiger partial charge in [-0.25, -0.2) is 4.98 Å². The number of hydrogen-bond donors (Lipinski definition) is 2. The largest absolute Gasteiger partial charge is 0.490 e. The minimum absolute atomic E-state index is 0.156. The zero-order valence-electron chi connectivity index (χ0n) is 19.5. The third kappa shape index (κ3) is 5.17. The smallest absolute Gasteiger partial charge is 0.258 e. The van der Waals surface area contributed by atoms with Crippen LogP contribution in [0.3, 0.4) is 0 Å². The summed E-state index contributed by atoms with van der Waals surface area (Å²) in [6.45, 7) is 4.34. The quantitative estimate of drug-likeness (QED) is 0.500. The predicted molar refractivity (Wildman–Crippen MR) is 125 cm³/mol. The average molecular weight is 453 g/mol. The fourth-order valence-corrected chi connectivity index (χ4v) is 4.34. The molecule has 1 aliphatic carbocycles. The number of nitrogens with zero attached hydrogens (tertiary/aromatic N) is 3. The number of benzene rings is 1. The maximum Gasteiger partial charge on any atom is 0.258 e. The molecule has 8 nitrogen and oxygen atoms in total. The van der Waals surface area contributed by atoms with E-state index in [2.05, 4.69) is 22.0 Å². The molecule has 3 N–H and O–H groups in total. The Bertz CT molecular complexity index is 1090. The van der Waals surface area contributed by atoms with Crippen LogP contribution in [-0.4, -0.2) is 46.6 Å². The highest BCUT2D eigenvalue weighted by molar-refractivity contribution is 5.64. The van der Waals surface area contributed by atoms with Gasteiger partial charge in [0.15, 0.2) is 0 Å². The van der Waals surface area contributed by atoms with E-state index in [4.69, 9.17) is 19.7 Å². The Morgan fingerprint density at radius 2 is 1.94 bits per heavy atom. The zero-order valence-corrected chi connectivity index (χ0v) is 19.5. The van der Waals surface area contributed by atoms with Gasteiger partial charge in [0.25, 0.3) is 5.89 Å². The van der Waals surface area contributed by atoms with Gasteiger partial charge < -0.3 is 24.8 Å². The van der Waals surface area contributed by atoms with Crippen LogP contribution in [0, 0.1) is 6.92 Å². The standard InChI is InChI=1S/C25H32N4O4/c1-4-16-10-18(9-15(2)23(16)32-14-20(30)13-26)24-28-25(33-29-24)19-11-21(17-7-5-6-8-17)27-22(12-19)31-3/h9-12,17,20,30H,4-8,13-14,26H2,1-3H3. The van der Waals surface area contributed by atoms with Crippen LogP contribution in [0.2, 0.25) is 0 Å². The van der Waals surface area contributed by atoms with Crippen LogP contribution < -0.4 is 15.2 Å². The van der Waals surface area contributed by atoms with Crippen molar-refractivity contribution in [2.24, 2.45) is 5.73 Å². The van der Waals surface area contributed by atoms with Crippen molar-refractivity contribution in [3.63, 3.8) is 0 Å². The number of aliphatic hydroxyl groups is 1. The van der Waals surface area contributed by atoms with Gasteiger partial charge in [-0.3, -0.25) is 0 Å². The highest BCUT2D eigenvalue weighted by atomic mass is 16.5. The van der Waals surface area contributed by atoms with Crippen LogP contribution in [0.5, 0.6) is 11.6 Å².